The van der Waals surface area contributed by atoms with Gasteiger partial charge in [-0.15, -0.1) is 11.3 Å². The fourth-order valence-electron chi connectivity index (χ4n) is 6.01. The summed E-state index contributed by atoms with van der Waals surface area (Å²) in [5.74, 6) is -5.45. The summed E-state index contributed by atoms with van der Waals surface area (Å²) in [6.45, 7) is 1.81. The van der Waals surface area contributed by atoms with Crippen LogP contribution >= 0.6 is 11.3 Å². The van der Waals surface area contributed by atoms with Crippen LogP contribution in [0.15, 0.2) is 45.7 Å². The van der Waals surface area contributed by atoms with Crippen molar-refractivity contribution in [3.63, 3.8) is 0 Å². The summed E-state index contributed by atoms with van der Waals surface area (Å²) in [5, 5.41) is 1.49. The van der Waals surface area contributed by atoms with E-state index >= 15 is 0 Å². The van der Waals surface area contributed by atoms with Crippen molar-refractivity contribution in [2.75, 3.05) is 7.11 Å². The smallest absolute Gasteiger partial charge is 0.363 e. The molecular formula is C24H24N2O8S. The number of ketones is 1. The van der Waals surface area contributed by atoms with Gasteiger partial charge in [0.15, 0.2) is 11.5 Å². The summed E-state index contributed by atoms with van der Waals surface area (Å²) in [5.41, 5.74) is 6.71. The van der Waals surface area contributed by atoms with E-state index < -0.39 is 58.5 Å². The summed E-state index contributed by atoms with van der Waals surface area (Å²) < 4.78 is 21.3. The van der Waals surface area contributed by atoms with E-state index in [2.05, 4.69) is 4.98 Å². The number of esters is 3. The maximum atomic E-state index is 13.9. The zero-order valence-corrected chi connectivity index (χ0v) is 19.9. The molecule has 5 rings (SSSR count). The van der Waals surface area contributed by atoms with Gasteiger partial charge in [-0.25, -0.2) is 9.78 Å². The summed E-state index contributed by atoms with van der Waals surface area (Å²) in [6.07, 6.45) is 4.40. The minimum Gasteiger partial charge on any atom is -0.472 e. The Bertz CT molecular complexity index is 1210. The van der Waals surface area contributed by atoms with Gasteiger partial charge in [-0.05, 0) is 36.8 Å². The fraction of sp³-hybridized carbons (Fsp3) is 0.458. The van der Waals surface area contributed by atoms with E-state index in [4.69, 9.17) is 24.4 Å². The van der Waals surface area contributed by atoms with Gasteiger partial charge in [0.25, 0.3) is 0 Å². The van der Waals surface area contributed by atoms with E-state index in [0.717, 1.165) is 0 Å². The number of rotatable bonds is 4. The molecule has 184 valence electrons. The van der Waals surface area contributed by atoms with E-state index in [9.17, 15) is 19.2 Å². The lowest BCUT2D eigenvalue weighted by molar-refractivity contribution is -0.190. The van der Waals surface area contributed by atoms with Crippen molar-refractivity contribution in [3.8, 4) is 0 Å². The van der Waals surface area contributed by atoms with Gasteiger partial charge in [-0.3, -0.25) is 14.4 Å². The van der Waals surface area contributed by atoms with Crippen LogP contribution in [-0.2, 0) is 28.6 Å². The molecule has 2 aromatic heterocycles. The van der Waals surface area contributed by atoms with Crippen LogP contribution in [0, 0.1) is 23.2 Å². The Morgan fingerprint density at radius 3 is 2.77 bits per heavy atom. The molecule has 2 N–H and O–H groups in total. The molecule has 2 fully saturated rings. The van der Waals surface area contributed by atoms with Crippen molar-refractivity contribution in [1.82, 2.24) is 4.98 Å². The highest BCUT2D eigenvalue weighted by atomic mass is 32.1. The van der Waals surface area contributed by atoms with Crippen molar-refractivity contribution in [2.24, 2.45) is 28.9 Å². The zero-order valence-electron chi connectivity index (χ0n) is 19.1. The van der Waals surface area contributed by atoms with Crippen molar-refractivity contribution >= 4 is 35.0 Å². The molecule has 0 aromatic carbocycles. The maximum absolute atomic E-state index is 13.9. The topological polar surface area (TPSA) is 148 Å². The van der Waals surface area contributed by atoms with Gasteiger partial charge in [0.05, 0.1) is 42.9 Å². The molecule has 2 aromatic rings. The predicted molar refractivity (Wildman–Crippen MR) is 120 cm³/mol. The average molecular weight is 501 g/mol. The molecule has 0 amide bonds. The number of hydrogen-bond donors (Lipinski definition) is 1. The SMILES string of the molecule is COC(=O)[C@@H]1C=C(OC(=O)c2cscn2)C(=O)[C@@H]2[C@@]3(C)C[C@@H](c4ccoc4)OC(=O)[C@@H]3CC[C@]21N. The molecule has 1 aliphatic heterocycles. The lowest BCUT2D eigenvalue weighted by Crippen LogP contribution is -2.70. The minimum absolute atomic E-state index is 0.0388. The second kappa shape index (κ2) is 8.42. The van der Waals surface area contributed by atoms with Crippen LogP contribution in [0.1, 0.15) is 48.3 Å². The quantitative estimate of drug-likeness (QED) is 0.490. The largest absolute Gasteiger partial charge is 0.472 e. The Morgan fingerprint density at radius 2 is 2.11 bits per heavy atom. The van der Waals surface area contributed by atoms with Gasteiger partial charge in [0.1, 0.15) is 6.10 Å². The number of methoxy groups -OCH3 is 1. The first-order valence-electron chi connectivity index (χ1n) is 11.1. The molecule has 11 heteroatoms. The van der Waals surface area contributed by atoms with Crippen molar-refractivity contribution in [3.05, 3.63) is 52.6 Å². The molecule has 2 aliphatic carbocycles. The number of fused-ring (bicyclic) bond motifs is 3. The van der Waals surface area contributed by atoms with E-state index in [1.807, 2.05) is 6.92 Å². The van der Waals surface area contributed by atoms with Crippen LogP contribution in [0.5, 0.6) is 0 Å². The monoisotopic (exact) mass is 500 g/mol. The molecule has 10 nitrogen and oxygen atoms in total. The zero-order chi connectivity index (χ0) is 25.0. The normalized spacial score (nSPS) is 34.2. The molecule has 0 radical (unpaired) electrons. The molecule has 0 bridgehead atoms. The number of carbonyl (C=O) groups is 4. The van der Waals surface area contributed by atoms with Gasteiger partial charge in [-0.1, -0.05) is 6.92 Å². The first-order chi connectivity index (χ1) is 16.7. The Kier molecular flexibility index (Phi) is 5.64. The highest BCUT2D eigenvalue weighted by molar-refractivity contribution is 7.07. The average Bonchev–Trinajstić information content (AvgIpc) is 3.54. The molecule has 6 atom stereocenters. The van der Waals surface area contributed by atoms with E-state index in [1.165, 1.54) is 47.9 Å². The molecule has 1 saturated heterocycles. The third-order valence-electron chi connectivity index (χ3n) is 7.64. The van der Waals surface area contributed by atoms with Gasteiger partial charge in [-0.2, -0.15) is 0 Å². The van der Waals surface area contributed by atoms with Crippen LogP contribution in [0.25, 0.3) is 0 Å². The number of thiazole rings is 1. The lowest BCUT2D eigenvalue weighted by atomic mass is 9.47. The molecule has 3 aliphatic rings. The first-order valence-corrected chi connectivity index (χ1v) is 12.1. The predicted octanol–water partition coefficient (Wildman–Crippen LogP) is 2.57. The number of aromatic nitrogens is 1. The lowest BCUT2D eigenvalue weighted by Gasteiger charge is -2.59. The van der Waals surface area contributed by atoms with Gasteiger partial charge in [0.2, 0.25) is 5.78 Å². The molecule has 0 unspecified atom stereocenters. The third-order valence-corrected chi connectivity index (χ3v) is 8.23. The minimum atomic E-state index is -1.34. The summed E-state index contributed by atoms with van der Waals surface area (Å²) in [4.78, 5) is 56.4. The number of nitrogens with zero attached hydrogens (tertiary/aromatic N) is 1. The molecule has 35 heavy (non-hydrogen) atoms. The van der Waals surface area contributed by atoms with Gasteiger partial charge < -0.3 is 24.4 Å². The number of allylic oxidation sites excluding steroid dienone is 1. The number of cyclic esters (lactones) is 1. The Labute approximate surface area is 204 Å². The van der Waals surface area contributed by atoms with E-state index in [0.29, 0.717) is 12.0 Å². The number of furan rings is 1. The first kappa shape index (κ1) is 23.4. The highest BCUT2D eigenvalue weighted by Gasteiger charge is 2.67. The summed E-state index contributed by atoms with van der Waals surface area (Å²) in [6, 6.07) is 1.70. The van der Waals surface area contributed by atoms with Crippen molar-refractivity contribution < 1.29 is 37.8 Å². The number of nitrogens with two attached hydrogens (primary N) is 1. The van der Waals surface area contributed by atoms with E-state index in [-0.39, 0.29) is 24.3 Å². The van der Waals surface area contributed by atoms with Crippen molar-refractivity contribution in [2.45, 2.75) is 37.8 Å². The molecule has 0 spiro atoms. The van der Waals surface area contributed by atoms with Crippen LogP contribution < -0.4 is 5.73 Å². The van der Waals surface area contributed by atoms with Crippen LogP contribution in [-0.4, -0.2) is 41.3 Å². The van der Waals surface area contributed by atoms with Gasteiger partial charge >= 0.3 is 17.9 Å². The van der Waals surface area contributed by atoms with E-state index in [1.54, 1.807) is 6.07 Å². The van der Waals surface area contributed by atoms with Crippen LogP contribution in [0.2, 0.25) is 0 Å². The summed E-state index contributed by atoms with van der Waals surface area (Å²) in [7, 11) is 1.23. The number of hydrogen-bond acceptors (Lipinski definition) is 11. The van der Waals surface area contributed by atoms with Gasteiger partial charge in [0, 0.05) is 16.5 Å². The molecule has 3 heterocycles. The second-order valence-corrected chi connectivity index (χ2v) is 10.2. The number of carbonyl (C=O) groups excluding carboxylic acids is 4. The number of Topliss-reactive ketones (excluding diaryl/α,β-unsaturated/α-hetero) is 1. The fourth-order valence-corrected chi connectivity index (χ4v) is 6.53. The van der Waals surface area contributed by atoms with Crippen LogP contribution in [0.3, 0.4) is 0 Å². The summed E-state index contributed by atoms with van der Waals surface area (Å²) >= 11 is 1.20. The standard InChI is InChI=1S/C24H24N2O8S/c1-23-8-17(12-4-6-32-9-12)34-21(29)13(23)3-5-24(25)14(20(28)31-2)7-16(18(27)19(23)24)33-22(30)15-10-35-11-26-15/h4,6-7,9-11,13-14,17,19H,3,5,8,25H2,1-2H3/t13-,14-,17-,19+,23-,24+/m0/s1. The molecule has 1 saturated carbocycles. The Morgan fingerprint density at radius 1 is 1.31 bits per heavy atom. The van der Waals surface area contributed by atoms with Crippen LogP contribution in [0.4, 0.5) is 0 Å². The Hall–Kier alpha value is -3.31. The Balaban J connectivity index is 1.58. The molecular weight excluding hydrogens is 476 g/mol. The van der Waals surface area contributed by atoms with Crippen molar-refractivity contribution in [1.29, 1.82) is 0 Å². The third kappa shape index (κ3) is 3.61. The second-order valence-electron chi connectivity index (χ2n) is 9.49. The highest BCUT2D eigenvalue weighted by Crippen LogP contribution is 2.60. The maximum Gasteiger partial charge on any atom is 0.363 e. The number of ether oxygens (including phenoxy) is 3.